The Kier molecular flexibility index (Phi) is 8.02. The molecule has 5 nitrogen and oxygen atoms in total. The van der Waals surface area contributed by atoms with Crippen LogP contribution in [0.15, 0.2) is 29.3 Å². The highest BCUT2D eigenvalue weighted by Gasteiger charge is 2.41. The van der Waals surface area contributed by atoms with Crippen molar-refractivity contribution in [1.29, 1.82) is 0 Å². The smallest absolute Gasteiger partial charge is 0.422 e. The van der Waals surface area contributed by atoms with Crippen LogP contribution in [-0.2, 0) is 11.3 Å². The van der Waals surface area contributed by atoms with E-state index in [4.69, 9.17) is 9.47 Å². The van der Waals surface area contributed by atoms with Gasteiger partial charge in [0.05, 0.1) is 24.8 Å². The summed E-state index contributed by atoms with van der Waals surface area (Å²) in [6, 6.07) is 6.78. The van der Waals surface area contributed by atoms with E-state index in [0.29, 0.717) is 12.6 Å². The Hall–Kier alpha value is -1.23. The topological polar surface area (TPSA) is 54.9 Å². The van der Waals surface area contributed by atoms with Crippen LogP contribution < -0.4 is 15.4 Å². The minimum Gasteiger partial charge on any atom is -0.484 e. The third kappa shape index (κ3) is 6.70. The Bertz CT molecular complexity index is 625. The number of rotatable bonds is 6. The second kappa shape index (κ2) is 9.81. The molecule has 2 aliphatic rings. The molecule has 152 valence electrons. The molecule has 3 unspecified atom stereocenters. The van der Waals surface area contributed by atoms with E-state index in [-0.39, 0.29) is 41.9 Å². The van der Waals surface area contributed by atoms with Crippen molar-refractivity contribution in [3.8, 4) is 5.75 Å². The van der Waals surface area contributed by atoms with Crippen LogP contribution in [-0.4, -0.2) is 43.5 Å². The molecule has 9 heteroatoms. The van der Waals surface area contributed by atoms with Gasteiger partial charge in [0, 0.05) is 6.54 Å². The summed E-state index contributed by atoms with van der Waals surface area (Å²) in [5.41, 5.74) is 0.894. The third-order valence-electron chi connectivity index (χ3n) is 4.52. The number of hydrogen-bond acceptors (Lipinski definition) is 3. The minimum atomic E-state index is -4.33. The molecule has 3 rings (SSSR count). The zero-order valence-electron chi connectivity index (χ0n) is 15.1. The van der Waals surface area contributed by atoms with Crippen LogP contribution >= 0.6 is 24.0 Å². The van der Waals surface area contributed by atoms with Crippen molar-refractivity contribution in [3.05, 3.63) is 29.8 Å². The molecule has 1 aromatic carbocycles. The van der Waals surface area contributed by atoms with E-state index in [1.807, 2.05) is 6.92 Å². The second-order valence-electron chi connectivity index (χ2n) is 6.60. The summed E-state index contributed by atoms with van der Waals surface area (Å²) in [5, 5.41) is 6.65. The van der Waals surface area contributed by atoms with Crippen LogP contribution in [0.25, 0.3) is 0 Å². The van der Waals surface area contributed by atoms with E-state index < -0.39 is 12.8 Å². The molecular formula is C18H25F3IN3O2. The van der Waals surface area contributed by atoms with E-state index in [2.05, 4.69) is 15.6 Å². The van der Waals surface area contributed by atoms with Gasteiger partial charge in [-0.1, -0.05) is 12.1 Å². The maximum atomic E-state index is 12.2. The van der Waals surface area contributed by atoms with Crippen LogP contribution in [0.5, 0.6) is 5.75 Å². The normalized spacial score (nSPS) is 24.4. The molecule has 0 aliphatic carbocycles. The number of nitrogens with one attached hydrogen (secondary N) is 2. The molecule has 0 saturated carbocycles. The molecular weight excluding hydrogens is 474 g/mol. The highest BCUT2D eigenvalue weighted by Crippen LogP contribution is 2.34. The first kappa shape index (κ1) is 22.1. The summed E-state index contributed by atoms with van der Waals surface area (Å²) in [7, 11) is 0. The van der Waals surface area contributed by atoms with E-state index in [1.54, 1.807) is 12.1 Å². The van der Waals surface area contributed by atoms with Gasteiger partial charge in [-0.25, -0.2) is 4.99 Å². The fraction of sp³-hybridized carbons (Fsp3) is 0.611. The van der Waals surface area contributed by atoms with Crippen molar-refractivity contribution in [2.24, 2.45) is 4.99 Å². The fourth-order valence-corrected chi connectivity index (χ4v) is 3.31. The molecule has 0 amide bonds. The van der Waals surface area contributed by atoms with Crippen molar-refractivity contribution >= 4 is 29.9 Å². The number of aliphatic imine (C=N–C) groups is 1. The van der Waals surface area contributed by atoms with E-state index in [9.17, 15) is 13.2 Å². The maximum Gasteiger partial charge on any atom is 0.422 e. The van der Waals surface area contributed by atoms with Crippen LogP contribution in [0.1, 0.15) is 31.7 Å². The van der Waals surface area contributed by atoms with E-state index in [0.717, 1.165) is 37.3 Å². The van der Waals surface area contributed by atoms with Gasteiger partial charge in [-0.2, -0.15) is 13.2 Å². The summed E-state index contributed by atoms with van der Waals surface area (Å²) >= 11 is 0. The Morgan fingerprint density at radius 2 is 2.00 bits per heavy atom. The molecule has 2 bridgehead atoms. The van der Waals surface area contributed by atoms with E-state index in [1.165, 1.54) is 12.1 Å². The van der Waals surface area contributed by atoms with Gasteiger partial charge in [0.2, 0.25) is 0 Å². The highest BCUT2D eigenvalue weighted by atomic mass is 127. The number of fused-ring (bicyclic) bond motifs is 2. The first-order chi connectivity index (χ1) is 12.4. The first-order valence-corrected chi connectivity index (χ1v) is 8.92. The molecule has 0 spiro atoms. The Balaban J connectivity index is 0.00000261. The average molecular weight is 499 g/mol. The number of halogens is 4. The lowest BCUT2D eigenvalue weighted by Crippen LogP contribution is -2.47. The monoisotopic (exact) mass is 499 g/mol. The Morgan fingerprint density at radius 3 is 2.56 bits per heavy atom. The SMILES string of the molecule is CCNC(=NCc1ccc(OCC(F)(F)F)cc1)NC1CC2CCC1O2.I. The lowest BCUT2D eigenvalue weighted by atomic mass is 9.96. The van der Waals surface area contributed by atoms with Gasteiger partial charge in [0.15, 0.2) is 12.6 Å². The Morgan fingerprint density at radius 1 is 1.26 bits per heavy atom. The van der Waals surface area contributed by atoms with Gasteiger partial charge in [-0.05, 0) is 43.9 Å². The van der Waals surface area contributed by atoms with Crippen LogP contribution in [0.4, 0.5) is 13.2 Å². The summed E-state index contributed by atoms with van der Waals surface area (Å²) in [6.07, 6.45) is -0.488. The largest absolute Gasteiger partial charge is 0.484 e. The quantitative estimate of drug-likeness (QED) is 0.357. The zero-order valence-corrected chi connectivity index (χ0v) is 17.4. The number of benzene rings is 1. The van der Waals surface area contributed by atoms with Gasteiger partial charge in [0.25, 0.3) is 0 Å². The number of alkyl halides is 3. The molecule has 3 atom stereocenters. The third-order valence-corrected chi connectivity index (χ3v) is 4.52. The summed E-state index contributed by atoms with van der Waals surface area (Å²) < 4.78 is 47.0. The van der Waals surface area contributed by atoms with Crippen molar-refractivity contribution in [1.82, 2.24) is 10.6 Å². The van der Waals surface area contributed by atoms with E-state index >= 15 is 0 Å². The molecule has 2 saturated heterocycles. The van der Waals surface area contributed by atoms with Crippen molar-refractivity contribution in [3.63, 3.8) is 0 Å². The highest BCUT2D eigenvalue weighted by molar-refractivity contribution is 14.0. The fourth-order valence-electron chi connectivity index (χ4n) is 3.31. The van der Waals surface area contributed by atoms with Crippen LogP contribution in [0.3, 0.4) is 0 Å². The van der Waals surface area contributed by atoms with Gasteiger partial charge in [0.1, 0.15) is 5.75 Å². The molecule has 2 N–H and O–H groups in total. The van der Waals surface area contributed by atoms with Gasteiger partial charge < -0.3 is 20.1 Å². The lowest BCUT2D eigenvalue weighted by Gasteiger charge is -2.22. The van der Waals surface area contributed by atoms with Gasteiger partial charge in [-0.15, -0.1) is 24.0 Å². The van der Waals surface area contributed by atoms with Crippen LogP contribution in [0, 0.1) is 0 Å². The minimum absolute atomic E-state index is 0. The lowest BCUT2D eigenvalue weighted by molar-refractivity contribution is -0.153. The van der Waals surface area contributed by atoms with Crippen LogP contribution in [0.2, 0.25) is 0 Å². The number of ether oxygens (including phenoxy) is 2. The number of hydrogen-bond donors (Lipinski definition) is 2. The standard InChI is InChI=1S/C18H24F3N3O2.HI/c1-2-22-17(24-15-9-14-7-8-16(15)26-14)23-10-12-3-5-13(6-4-12)25-11-18(19,20)21;/h3-6,14-16H,2,7-11H2,1H3,(H2,22,23,24);1H. The van der Waals surface area contributed by atoms with Gasteiger partial charge in [-0.3, -0.25) is 0 Å². The summed E-state index contributed by atoms with van der Waals surface area (Å²) in [4.78, 5) is 4.56. The second-order valence-corrected chi connectivity index (χ2v) is 6.60. The molecule has 2 aliphatic heterocycles. The summed E-state index contributed by atoms with van der Waals surface area (Å²) in [5.74, 6) is 0.922. The summed E-state index contributed by atoms with van der Waals surface area (Å²) in [6.45, 7) is 1.89. The predicted octanol–water partition coefficient (Wildman–Crippen LogP) is 3.62. The molecule has 27 heavy (non-hydrogen) atoms. The molecule has 1 aromatic rings. The molecule has 2 heterocycles. The first-order valence-electron chi connectivity index (χ1n) is 8.92. The predicted molar refractivity (Wildman–Crippen MR) is 108 cm³/mol. The molecule has 0 radical (unpaired) electrons. The van der Waals surface area contributed by atoms with Gasteiger partial charge >= 0.3 is 6.18 Å². The van der Waals surface area contributed by atoms with Crippen molar-refractivity contribution in [2.75, 3.05) is 13.2 Å². The number of nitrogens with zero attached hydrogens (tertiary/aromatic N) is 1. The Labute approximate surface area is 174 Å². The van der Waals surface area contributed by atoms with Crippen molar-refractivity contribution in [2.45, 2.75) is 57.2 Å². The molecule has 2 fully saturated rings. The number of guanidine groups is 1. The van der Waals surface area contributed by atoms with Crippen molar-refractivity contribution < 1.29 is 22.6 Å². The molecule has 0 aromatic heterocycles. The zero-order chi connectivity index (χ0) is 18.6. The maximum absolute atomic E-state index is 12.2. The average Bonchev–Trinajstić information content (AvgIpc) is 3.21.